The number of rotatable bonds is 15. The monoisotopic (exact) mass is 772 g/mol. The van der Waals surface area contributed by atoms with Crippen LogP contribution in [0, 0.1) is 18.3 Å². The molecule has 0 bridgehead atoms. The van der Waals surface area contributed by atoms with Gasteiger partial charge in [-0.1, -0.05) is 30.8 Å². The van der Waals surface area contributed by atoms with Crippen molar-refractivity contribution in [2.24, 2.45) is 20.5 Å². The molecule has 0 fully saturated rings. The Morgan fingerprint density at radius 3 is 1.94 bits per heavy atom. The van der Waals surface area contributed by atoms with E-state index in [4.69, 9.17) is 9.29 Å². The summed E-state index contributed by atoms with van der Waals surface area (Å²) < 4.78 is 86.8. The predicted molar refractivity (Wildman–Crippen MR) is 197 cm³/mol. The molecule has 0 aliphatic rings. The van der Waals surface area contributed by atoms with E-state index in [-0.39, 0.29) is 34.3 Å². The Hall–Kier alpha value is -5.17. The van der Waals surface area contributed by atoms with Gasteiger partial charge < -0.3 is 15.4 Å². The standard InChI is InChI=1S/C31H32N8O6S2.CH4O3S/c1-4-46(40,41)19-17-34-31-29(21(2)26(20-32)30(35-31)33-16-7-18-45-3)39-38-28-15-14-27(24-8-5-6-9-25(24)28)37-36-22-10-12-23(13-11-22)47(42,43)44;1-5(2,3)4/h4-6,8-15H,1,7,16-19H2,2-3H3,(H2,33,34,35)(H,42,43,44);1H3,(H,2,3,4). The van der Waals surface area contributed by atoms with E-state index in [1.807, 2.05) is 24.3 Å². The lowest BCUT2D eigenvalue weighted by Gasteiger charge is -2.15. The molecule has 17 nitrogen and oxygen atoms in total. The fourth-order valence-electron chi connectivity index (χ4n) is 4.36. The van der Waals surface area contributed by atoms with Crippen molar-refractivity contribution in [1.82, 2.24) is 4.98 Å². The fourth-order valence-corrected chi connectivity index (χ4v) is 5.40. The van der Waals surface area contributed by atoms with Crippen molar-refractivity contribution < 1.29 is 39.1 Å². The van der Waals surface area contributed by atoms with Crippen molar-refractivity contribution in [3.63, 3.8) is 0 Å². The minimum Gasteiger partial charge on any atom is -0.385 e. The lowest BCUT2D eigenvalue weighted by molar-refractivity contribution is 0.197. The number of pyridine rings is 1. The number of azo groups is 2. The molecular formula is C32H36N8O9S3. The number of ether oxygens (including phenoxy) is 1. The summed E-state index contributed by atoms with van der Waals surface area (Å²) in [7, 11) is -9.88. The number of aromatic nitrogens is 1. The summed E-state index contributed by atoms with van der Waals surface area (Å²) in [5.41, 5.74) is 2.39. The van der Waals surface area contributed by atoms with Crippen LogP contribution in [0.3, 0.4) is 0 Å². The van der Waals surface area contributed by atoms with Gasteiger partial charge in [0, 0.05) is 48.6 Å². The van der Waals surface area contributed by atoms with Crippen molar-refractivity contribution >= 4 is 75.2 Å². The third-order valence-electron chi connectivity index (χ3n) is 6.82. The van der Waals surface area contributed by atoms with Crippen molar-refractivity contribution in [1.29, 1.82) is 5.26 Å². The average Bonchev–Trinajstić information content (AvgIpc) is 3.08. The van der Waals surface area contributed by atoms with Gasteiger partial charge in [0.1, 0.15) is 17.6 Å². The zero-order valence-corrected chi connectivity index (χ0v) is 30.7. The summed E-state index contributed by atoms with van der Waals surface area (Å²) in [6.45, 7) is 6.08. The lowest BCUT2D eigenvalue weighted by atomic mass is 10.1. The topological polar surface area (TPSA) is 262 Å². The number of anilines is 2. The van der Waals surface area contributed by atoms with E-state index in [9.17, 15) is 35.1 Å². The van der Waals surface area contributed by atoms with Crippen LogP contribution in [0.5, 0.6) is 0 Å². The summed E-state index contributed by atoms with van der Waals surface area (Å²) in [5.74, 6) is 0.339. The van der Waals surface area contributed by atoms with Crippen molar-refractivity contribution in [3.8, 4) is 6.07 Å². The highest BCUT2D eigenvalue weighted by Gasteiger charge is 2.18. The van der Waals surface area contributed by atoms with Gasteiger partial charge in [-0.05, 0) is 49.7 Å². The van der Waals surface area contributed by atoms with Gasteiger partial charge in [-0.2, -0.15) is 27.2 Å². The van der Waals surface area contributed by atoms with E-state index in [0.717, 1.165) is 5.41 Å². The molecule has 1 heterocycles. The van der Waals surface area contributed by atoms with Crippen LogP contribution >= 0.6 is 0 Å². The molecule has 52 heavy (non-hydrogen) atoms. The summed E-state index contributed by atoms with van der Waals surface area (Å²) in [6, 6.07) is 18.2. The number of hydrogen-bond donors (Lipinski definition) is 4. The highest BCUT2D eigenvalue weighted by Crippen LogP contribution is 2.38. The fraction of sp³-hybridized carbons (Fsp3) is 0.250. The summed E-state index contributed by atoms with van der Waals surface area (Å²) in [5, 5.41) is 35.9. The van der Waals surface area contributed by atoms with Crippen LogP contribution in [0.15, 0.2) is 98.0 Å². The molecular weight excluding hydrogens is 737 g/mol. The molecule has 0 radical (unpaired) electrons. The van der Waals surface area contributed by atoms with E-state index < -0.39 is 30.1 Å². The maximum Gasteiger partial charge on any atom is 0.294 e. The maximum absolute atomic E-state index is 12.0. The second kappa shape index (κ2) is 18.4. The Balaban J connectivity index is 0.00000136. The molecule has 0 unspecified atom stereocenters. The normalized spacial score (nSPS) is 12.0. The van der Waals surface area contributed by atoms with Crippen molar-refractivity contribution in [2.45, 2.75) is 18.2 Å². The van der Waals surface area contributed by atoms with Crippen LogP contribution in [0.2, 0.25) is 0 Å². The Morgan fingerprint density at radius 2 is 1.42 bits per heavy atom. The van der Waals surface area contributed by atoms with E-state index in [0.29, 0.717) is 65.0 Å². The first-order valence-electron chi connectivity index (χ1n) is 15.1. The smallest absolute Gasteiger partial charge is 0.294 e. The first-order chi connectivity index (χ1) is 24.5. The molecule has 0 saturated heterocycles. The second-order valence-electron chi connectivity index (χ2n) is 10.8. The third kappa shape index (κ3) is 12.6. The average molecular weight is 773 g/mol. The first-order valence-corrected chi connectivity index (χ1v) is 20.1. The molecule has 0 spiro atoms. The van der Waals surface area contributed by atoms with Crippen LogP contribution in [-0.2, 0) is 34.8 Å². The Kier molecular flexibility index (Phi) is 14.6. The molecule has 4 rings (SSSR count). The number of fused-ring (bicyclic) bond motifs is 1. The van der Waals surface area contributed by atoms with E-state index in [1.54, 1.807) is 26.2 Å². The summed E-state index contributed by atoms with van der Waals surface area (Å²) >= 11 is 0. The van der Waals surface area contributed by atoms with Gasteiger partial charge in [-0.25, -0.2) is 13.4 Å². The molecule has 1 aromatic heterocycles. The molecule has 4 aromatic rings. The van der Waals surface area contributed by atoms with E-state index in [2.05, 4.69) is 48.7 Å². The third-order valence-corrected chi connectivity index (χ3v) is 8.97. The van der Waals surface area contributed by atoms with Crippen molar-refractivity contribution in [2.75, 3.05) is 49.4 Å². The predicted octanol–water partition coefficient (Wildman–Crippen LogP) is 6.42. The van der Waals surface area contributed by atoms with Crippen LogP contribution in [0.25, 0.3) is 10.8 Å². The number of nitriles is 1. The molecule has 20 heteroatoms. The molecule has 0 amide bonds. The number of hydrogen-bond acceptors (Lipinski definition) is 15. The summed E-state index contributed by atoms with van der Waals surface area (Å²) in [4.78, 5) is 4.32. The van der Waals surface area contributed by atoms with Gasteiger partial charge in [-0.3, -0.25) is 9.11 Å². The van der Waals surface area contributed by atoms with Gasteiger partial charge in [0.2, 0.25) is 0 Å². The van der Waals surface area contributed by atoms with E-state index >= 15 is 0 Å². The number of nitrogens with zero attached hydrogens (tertiary/aromatic N) is 6. The molecule has 0 saturated carbocycles. The van der Waals surface area contributed by atoms with Crippen LogP contribution in [-0.4, -0.2) is 78.2 Å². The number of benzene rings is 3. The highest BCUT2D eigenvalue weighted by atomic mass is 32.2. The quantitative estimate of drug-likeness (QED) is 0.0578. The Labute approximate surface area is 301 Å². The molecule has 4 N–H and O–H groups in total. The van der Waals surface area contributed by atoms with Crippen LogP contribution in [0.4, 0.5) is 34.4 Å². The van der Waals surface area contributed by atoms with E-state index in [1.165, 1.54) is 24.3 Å². The zero-order chi connectivity index (χ0) is 38.5. The number of sulfone groups is 1. The maximum atomic E-state index is 12.0. The van der Waals surface area contributed by atoms with Gasteiger partial charge in [0.05, 0.1) is 39.5 Å². The van der Waals surface area contributed by atoms with Gasteiger partial charge in [-0.15, -0.1) is 15.3 Å². The minimum atomic E-state index is -4.33. The SMILES string of the molecule is C=CS(=O)(=O)CCNc1nc(NCCCOC)c(C#N)c(C)c1N=Nc1ccc(N=Nc2ccc(S(=O)(=O)O)cc2)c2ccccc12.CS(=O)(=O)O. The Morgan fingerprint density at radius 1 is 0.865 bits per heavy atom. The zero-order valence-electron chi connectivity index (χ0n) is 28.3. The van der Waals surface area contributed by atoms with Crippen LogP contribution in [0.1, 0.15) is 17.5 Å². The van der Waals surface area contributed by atoms with Gasteiger partial charge in [0.15, 0.2) is 15.7 Å². The van der Waals surface area contributed by atoms with Crippen LogP contribution < -0.4 is 10.6 Å². The van der Waals surface area contributed by atoms with Gasteiger partial charge in [0.25, 0.3) is 20.2 Å². The second-order valence-corrected chi connectivity index (χ2v) is 15.7. The number of nitrogens with one attached hydrogen (secondary N) is 2. The molecule has 276 valence electrons. The number of methoxy groups -OCH3 is 1. The van der Waals surface area contributed by atoms with Gasteiger partial charge >= 0.3 is 0 Å². The first kappa shape index (κ1) is 41.3. The lowest BCUT2D eigenvalue weighted by Crippen LogP contribution is -2.16. The molecule has 3 aromatic carbocycles. The molecule has 0 aliphatic carbocycles. The summed E-state index contributed by atoms with van der Waals surface area (Å²) in [6.07, 6.45) is 1.39. The van der Waals surface area contributed by atoms with Crippen molar-refractivity contribution in [3.05, 3.63) is 83.8 Å². The molecule has 0 atom stereocenters. The largest absolute Gasteiger partial charge is 0.385 e. The Bertz CT molecular complexity index is 2340. The molecule has 0 aliphatic heterocycles. The highest BCUT2D eigenvalue weighted by molar-refractivity contribution is 7.94. The minimum absolute atomic E-state index is 0.0134.